The molecule has 6 heteroatoms. The van der Waals surface area contributed by atoms with E-state index in [2.05, 4.69) is 6.92 Å². The maximum Gasteiger partial charge on any atom is 0.335 e. The van der Waals surface area contributed by atoms with Gasteiger partial charge >= 0.3 is 5.97 Å². The van der Waals surface area contributed by atoms with Gasteiger partial charge in [-0.3, -0.25) is 4.79 Å². The second-order valence-corrected chi connectivity index (χ2v) is 7.14. The summed E-state index contributed by atoms with van der Waals surface area (Å²) in [6, 6.07) is 0.264. The zero-order valence-electron chi connectivity index (χ0n) is 15.2. The topological polar surface area (TPSA) is 65.1 Å². The van der Waals surface area contributed by atoms with Gasteiger partial charge in [-0.05, 0) is 51.4 Å². The normalized spacial score (nSPS) is 28.4. The van der Waals surface area contributed by atoms with Gasteiger partial charge in [-0.15, -0.1) is 0 Å². The number of carbonyl (C=O) groups is 2. The van der Waals surface area contributed by atoms with Crippen molar-refractivity contribution < 1.29 is 23.8 Å². The van der Waals surface area contributed by atoms with Crippen molar-refractivity contribution in [3.63, 3.8) is 0 Å². The molecule has 2 rings (SSSR count). The summed E-state index contributed by atoms with van der Waals surface area (Å²) in [7, 11) is 1.80. The summed E-state index contributed by atoms with van der Waals surface area (Å²) in [6.07, 6.45) is 5.74. The quantitative estimate of drug-likeness (QED) is 0.664. The van der Waals surface area contributed by atoms with E-state index < -0.39 is 12.1 Å². The lowest BCUT2D eigenvalue weighted by molar-refractivity contribution is -0.163. The van der Waals surface area contributed by atoms with Gasteiger partial charge in [-0.1, -0.05) is 6.92 Å². The third-order valence-electron chi connectivity index (χ3n) is 5.15. The number of carbonyl (C=O) groups excluding carboxylic acids is 2. The van der Waals surface area contributed by atoms with Crippen molar-refractivity contribution in [2.24, 2.45) is 5.92 Å². The molecule has 1 saturated carbocycles. The van der Waals surface area contributed by atoms with Gasteiger partial charge in [0.1, 0.15) is 0 Å². The molecule has 1 amide bonds. The molecule has 2 atom stereocenters. The molecule has 0 N–H and O–H groups in total. The van der Waals surface area contributed by atoms with Crippen molar-refractivity contribution in [1.29, 1.82) is 0 Å². The van der Waals surface area contributed by atoms with Gasteiger partial charge in [-0.2, -0.15) is 0 Å². The highest BCUT2D eigenvalue weighted by Crippen LogP contribution is 2.26. The van der Waals surface area contributed by atoms with Crippen molar-refractivity contribution >= 4 is 11.9 Å². The first-order valence-electron chi connectivity index (χ1n) is 9.13. The monoisotopic (exact) mass is 341 g/mol. The smallest absolute Gasteiger partial charge is 0.335 e. The minimum atomic E-state index is -0.678. The summed E-state index contributed by atoms with van der Waals surface area (Å²) in [5.74, 6) is 0.102. The Hall–Kier alpha value is -1.14. The number of rotatable bonds is 7. The molecule has 0 aromatic carbocycles. The van der Waals surface area contributed by atoms with E-state index in [1.807, 2.05) is 0 Å². The van der Waals surface area contributed by atoms with Gasteiger partial charge < -0.3 is 19.1 Å². The molecule has 138 valence electrons. The molecule has 0 aromatic rings. The van der Waals surface area contributed by atoms with E-state index in [-0.39, 0.29) is 24.7 Å². The van der Waals surface area contributed by atoms with E-state index in [0.29, 0.717) is 6.61 Å². The number of esters is 1. The van der Waals surface area contributed by atoms with Crippen LogP contribution < -0.4 is 0 Å². The van der Waals surface area contributed by atoms with Crippen molar-refractivity contribution in [2.75, 3.05) is 26.9 Å². The van der Waals surface area contributed by atoms with E-state index in [4.69, 9.17) is 14.2 Å². The lowest BCUT2D eigenvalue weighted by Crippen LogP contribution is -2.42. The Morgan fingerprint density at radius 3 is 2.54 bits per heavy atom. The van der Waals surface area contributed by atoms with Crippen LogP contribution in [0.3, 0.4) is 0 Å². The van der Waals surface area contributed by atoms with Crippen LogP contribution in [0.25, 0.3) is 0 Å². The number of hydrogen-bond donors (Lipinski definition) is 0. The van der Waals surface area contributed by atoms with Gasteiger partial charge in [0.15, 0.2) is 12.7 Å². The molecule has 1 heterocycles. The molecule has 0 bridgehead atoms. The largest absolute Gasteiger partial charge is 0.454 e. The van der Waals surface area contributed by atoms with E-state index >= 15 is 0 Å². The first-order chi connectivity index (χ1) is 11.5. The highest BCUT2D eigenvalue weighted by molar-refractivity contribution is 5.82. The molecule has 6 nitrogen and oxygen atoms in total. The maximum atomic E-state index is 12.2. The summed E-state index contributed by atoms with van der Waals surface area (Å²) < 4.78 is 16.1. The van der Waals surface area contributed by atoms with Crippen LogP contribution in [0.2, 0.25) is 0 Å². The first-order valence-corrected chi connectivity index (χ1v) is 9.13. The fourth-order valence-corrected chi connectivity index (χ4v) is 3.28. The highest BCUT2D eigenvalue weighted by atomic mass is 16.6. The molecule has 0 radical (unpaired) electrons. The average Bonchev–Trinajstić information content (AvgIpc) is 3.10. The number of amides is 1. The molecular weight excluding hydrogens is 310 g/mol. The second-order valence-electron chi connectivity index (χ2n) is 7.14. The minimum absolute atomic E-state index is 0.0710. The Kier molecular flexibility index (Phi) is 7.49. The van der Waals surface area contributed by atoms with Crippen LogP contribution in [0.4, 0.5) is 0 Å². The van der Waals surface area contributed by atoms with Gasteiger partial charge in [0, 0.05) is 19.7 Å². The van der Waals surface area contributed by atoms with Crippen LogP contribution in [0.1, 0.15) is 52.4 Å². The molecular formula is C18H31NO5. The Labute approximate surface area is 144 Å². The van der Waals surface area contributed by atoms with Gasteiger partial charge in [0.05, 0.1) is 12.7 Å². The van der Waals surface area contributed by atoms with E-state index in [1.54, 1.807) is 18.9 Å². The Morgan fingerprint density at radius 1 is 1.21 bits per heavy atom. The predicted molar refractivity (Wildman–Crippen MR) is 89.5 cm³/mol. The summed E-state index contributed by atoms with van der Waals surface area (Å²) >= 11 is 0. The van der Waals surface area contributed by atoms with E-state index in [9.17, 15) is 9.59 Å². The number of likely N-dealkylation sites (N-methyl/N-ethyl adjacent to an activating group) is 1. The van der Waals surface area contributed by atoms with Crippen molar-refractivity contribution in [2.45, 2.75) is 70.6 Å². The molecule has 1 saturated heterocycles. The summed E-state index contributed by atoms with van der Waals surface area (Å²) in [4.78, 5) is 25.9. The first kappa shape index (κ1) is 19.2. The van der Waals surface area contributed by atoms with Crippen molar-refractivity contribution in [3.05, 3.63) is 0 Å². The lowest BCUT2D eigenvalue weighted by atomic mass is 9.87. The van der Waals surface area contributed by atoms with E-state index in [1.165, 1.54) is 0 Å². The highest BCUT2D eigenvalue weighted by Gasteiger charge is 2.26. The summed E-state index contributed by atoms with van der Waals surface area (Å²) in [6.45, 7) is 4.83. The molecule has 2 fully saturated rings. The molecule has 2 unspecified atom stereocenters. The molecule has 1 aliphatic heterocycles. The van der Waals surface area contributed by atoms with E-state index in [0.717, 1.165) is 51.0 Å². The Balaban J connectivity index is 1.65. The zero-order valence-corrected chi connectivity index (χ0v) is 15.2. The number of hydrogen-bond acceptors (Lipinski definition) is 5. The van der Waals surface area contributed by atoms with Crippen LogP contribution in [-0.2, 0) is 23.8 Å². The Bertz CT molecular complexity index is 414. The van der Waals surface area contributed by atoms with Crippen molar-refractivity contribution in [1.82, 2.24) is 4.90 Å². The Morgan fingerprint density at radius 2 is 1.92 bits per heavy atom. The zero-order chi connectivity index (χ0) is 17.5. The predicted octanol–water partition coefficient (Wildman–Crippen LogP) is 2.15. The summed E-state index contributed by atoms with van der Waals surface area (Å²) in [5, 5.41) is 0. The minimum Gasteiger partial charge on any atom is -0.454 e. The standard InChI is InChI=1S/C18H31NO5/c1-13-6-8-15(9-7-13)19(3)17(20)12-24-18(21)14(2)23-11-16-5-4-10-22-16/h13-16H,4-12H2,1-3H3. The van der Waals surface area contributed by atoms with Crippen LogP contribution in [0.5, 0.6) is 0 Å². The fraction of sp³-hybridized carbons (Fsp3) is 0.889. The van der Waals surface area contributed by atoms with Crippen LogP contribution in [0.15, 0.2) is 0 Å². The van der Waals surface area contributed by atoms with Gasteiger partial charge in [0.2, 0.25) is 0 Å². The molecule has 0 aromatic heterocycles. The fourth-order valence-electron chi connectivity index (χ4n) is 3.28. The van der Waals surface area contributed by atoms with Gasteiger partial charge in [0.25, 0.3) is 5.91 Å². The molecule has 2 aliphatic rings. The molecule has 24 heavy (non-hydrogen) atoms. The molecule has 0 spiro atoms. The number of ether oxygens (including phenoxy) is 3. The second kappa shape index (κ2) is 9.37. The van der Waals surface area contributed by atoms with Crippen LogP contribution >= 0.6 is 0 Å². The lowest BCUT2D eigenvalue weighted by Gasteiger charge is -2.33. The summed E-state index contributed by atoms with van der Waals surface area (Å²) in [5.41, 5.74) is 0. The SMILES string of the molecule is CC1CCC(N(C)C(=O)COC(=O)C(C)OCC2CCCO2)CC1. The average molecular weight is 341 g/mol. The maximum absolute atomic E-state index is 12.2. The van der Waals surface area contributed by atoms with Crippen molar-refractivity contribution in [3.8, 4) is 0 Å². The number of nitrogens with zero attached hydrogens (tertiary/aromatic N) is 1. The third-order valence-corrected chi connectivity index (χ3v) is 5.15. The third kappa shape index (κ3) is 5.74. The van der Waals surface area contributed by atoms with Crippen LogP contribution in [0, 0.1) is 5.92 Å². The molecule has 1 aliphatic carbocycles. The van der Waals surface area contributed by atoms with Crippen LogP contribution in [-0.4, -0.2) is 61.9 Å². The van der Waals surface area contributed by atoms with Gasteiger partial charge in [-0.25, -0.2) is 4.79 Å².